The van der Waals surface area contributed by atoms with Crippen molar-refractivity contribution in [1.82, 2.24) is 9.88 Å². The highest BCUT2D eigenvalue weighted by Crippen LogP contribution is 2.46. The van der Waals surface area contributed by atoms with Crippen molar-refractivity contribution in [1.29, 1.82) is 0 Å². The van der Waals surface area contributed by atoms with E-state index in [0.717, 1.165) is 44.9 Å². The molecule has 0 saturated carbocycles. The fraction of sp³-hybridized carbons (Fsp3) is 0.0200. The van der Waals surface area contributed by atoms with Gasteiger partial charge in [-0.05, 0) is 71.3 Å². The van der Waals surface area contributed by atoms with Crippen molar-refractivity contribution in [2.24, 2.45) is 10.9 Å². The van der Waals surface area contributed by atoms with Crippen LogP contribution in [0.25, 0.3) is 53.2 Å². The van der Waals surface area contributed by atoms with E-state index in [1.807, 2.05) is 47.7 Å². The molecule has 2 aromatic heterocycles. The number of aromatic nitrogens is 1. The van der Waals surface area contributed by atoms with Gasteiger partial charge in [-0.2, -0.15) is 5.10 Å². The van der Waals surface area contributed by atoms with Gasteiger partial charge in [-0.25, -0.2) is 0 Å². The van der Waals surface area contributed by atoms with Gasteiger partial charge in [-0.3, -0.25) is 0 Å². The van der Waals surface area contributed by atoms with E-state index in [2.05, 4.69) is 178 Å². The number of hydrazone groups is 1. The summed E-state index contributed by atoms with van der Waals surface area (Å²) in [4.78, 5) is 2.27. The molecule has 56 heavy (non-hydrogen) atoms. The Morgan fingerprint density at radius 1 is 0.625 bits per heavy atom. The number of para-hydroxylation sites is 2. The molecule has 3 N–H and O–H groups in total. The number of hydrogen-bond acceptors (Lipinski definition) is 4. The fourth-order valence-electron chi connectivity index (χ4n) is 8.12. The molecule has 3 heterocycles. The molecule has 10 rings (SSSR count). The molecule has 1 atom stereocenters. The van der Waals surface area contributed by atoms with Crippen molar-refractivity contribution in [3.05, 3.63) is 217 Å². The molecule has 0 bridgehead atoms. The monoisotopic (exact) mass is 739 g/mol. The van der Waals surface area contributed by atoms with Crippen LogP contribution in [0.3, 0.4) is 0 Å². The summed E-state index contributed by atoms with van der Waals surface area (Å²) in [5, 5.41) is 12.8. The van der Waals surface area contributed by atoms with Gasteiger partial charge in [0.2, 0.25) is 0 Å². The van der Waals surface area contributed by atoms with Gasteiger partial charge in [0.1, 0.15) is 0 Å². The molecule has 268 valence electrons. The van der Waals surface area contributed by atoms with Crippen molar-refractivity contribution < 1.29 is 0 Å². The molecule has 0 radical (unpaired) electrons. The van der Waals surface area contributed by atoms with Crippen LogP contribution in [0.1, 0.15) is 28.3 Å². The number of rotatable bonds is 6. The van der Waals surface area contributed by atoms with Crippen molar-refractivity contribution >= 4 is 76.1 Å². The SMILES string of the molecule is C=C1/C=C\C=C/N(c2ccc(C(N/C(=N\N)c3ccccc3)c3ccccc3)cc2)c2ccc3c(sc4ccc(-n5c6ccccc6c6ccccc65)cc43)c21. The smallest absolute Gasteiger partial charge is 0.153 e. The van der Waals surface area contributed by atoms with Gasteiger partial charge in [0, 0.05) is 59.6 Å². The largest absolute Gasteiger partial charge is 0.357 e. The first kappa shape index (κ1) is 33.4. The van der Waals surface area contributed by atoms with Gasteiger partial charge in [0.05, 0.1) is 22.8 Å². The minimum absolute atomic E-state index is 0.170. The molecule has 9 aromatic rings. The number of nitrogens with zero attached hydrogens (tertiary/aromatic N) is 3. The molecule has 0 fully saturated rings. The van der Waals surface area contributed by atoms with Crippen molar-refractivity contribution in [3.63, 3.8) is 0 Å². The maximum atomic E-state index is 5.95. The predicted octanol–water partition coefficient (Wildman–Crippen LogP) is 12.4. The maximum Gasteiger partial charge on any atom is 0.153 e. The number of amidine groups is 1. The van der Waals surface area contributed by atoms with E-state index >= 15 is 0 Å². The Labute approximate surface area is 329 Å². The highest BCUT2D eigenvalue weighted by molar-refractivity contribution is 7.26. The van der Waals surface area contributed by atoms with E-state index in [0.29, 0.717) is 5.84 Å². The van der Waals surface area contributed by atoms with Crippen LogP contribution in [0, 0.1) is 0 Å². The molecular formula is C50H37N5S. The Morgan fingerprint density at radius 2 is 1.27 bits per heavy atom. The van der Waals surface area contributed by atoms with Gasteiger partial charge in [-0.1, -0.05) is 134 Å². The number of nitrogens with one attached hydrogen (secondary N) is 1. The first-order valence-electron chi connectivity index (χ1n) is 18.7. The van der Waals surface area contributed by atoms with Crippen LogP contribution in [0.4, 0.5) is 11.4 Å². The Hall–Kier alpha value is -7.15. The van der Waals surface area contributed by atoms with E-state index in [9.17, 15) is 0 Å². The fourth-order valence-corrected chi connectivity index (χ4v) is 9.39. The summed E-state index contributed by atoms with van der Waals surface area (Å²) < 4.78 is 4.87. The average molecular weight is 740 g/mol. The molecule has 1 aliphatic heterocycles. The van der Waals surface area contributed by atoms with E-state index in [4.69, 9.17) is 5.84 Å². The molecule has 5 nitrogen and oxygen atoms in total. The van der Waals surface area contributed by atoms with Crippen LogP contribution in [0.15, 0.2) is 200 Å². The van der Waals surface area contributed by atoms with Crippen LogP contribution >= 0.6 is 11.3 Å². The quantitative estimate of drug-likeness (QED) is 0.0773. The lowest BCUT2D eigenvalue weighted by Gasteiger charge is -2.27. The van der Waals surface area contributed by atoms with Crippen LogP contribution in [-0.4, -0.2) is 10.4 Å². The van der Waals surface area contributed by atoms with Gasteiger partial charge < -0.3 is 20.6 Å². The van der Waals surface area contributed by atoms with Crippen LogP contribution in [0.2, 0.25) is 0 Å². The molecule has 7 aromatic carbocycles. The Balaban J connectivity index is 1.06. The van der Waals surface area contributed by atoms with Crippen molar-refractivity contribution in [2.45, 2.75) is 6.04 Å². The lowest BCUT2D eigenvalue weighted by molar-refractivity contribution is 0.759. The lowest BCUT2D eigenvalue weighted by Crippen LogP contribution is -2.31. The standard InChI is InChI=1S/C50H37N5S/c1-33-14-12-13-31-54(37-25-23-35(24-26-37)48(34-15-4-2-5-16-34)52-50(53-51)36-17-6-3-7-18-36)45-29-28-41-42-32-38(27-30-46(42)56-49(41)47(33)45)55-43-21-10-8-19-39(43)40-20-9-11-22-44(40)55/h2-32,48H,1,51H2,(H,52,53)/b14-12-,31-13-. The summed E-state index contributed by atoms with van der Waals surface area (Å²) in [5.41, 5.74) is 11.0. The third-order valence-corrected chi connectivity index (χ3v) is 12.0. The average Bonchev–Trinajstić information content (AvgIpc) is 3.79. The van der Waals surface area contributed by atoms with Gasteiger partial charge >= 0.3 is 0 Å². The Kier molecular flexibility index (Phi) is 8.31. The van der Waals surface area contributed by atoms with Crippen LogP contribution < -0.4 is 16.1 Å². The Bertz CT molecular complexity index is 2970. The zero-order valence-electron chi connectivity index (χ0n) is 30.5. The molecule has 0 amide bonds. The minimum atomic E-state index is -0.170. The second-order valence-electron chi connectivity index (χ2n) is 14.0. The summed E-state index contributed by atoms with van der Waals surface area (Å²) in [5.74, 6) is 6.58. The summed E-state index contributed by atoms with van der Waals surface area (Å²) in [6, 6.07) is 57.7. The molecule has 0 spiro atoms. The van der Waals surface area contributed by atoms with E-state index in [1.165, 1.54) is 42.0 Å². The summed E-state index contributed by atoms with van der Waals surface area (Å²) in [6.07, 6.45) is 8.40. The number of nitrogens with two attached hydrogens (primary N) is 1. The van der Waals surface area contributed by atoms with E-state index in [-0.39, 0.29) is 6.04 Å². The second-order valence-corrected chi connectivity index (χ2v) is 15.1. The molecule has 1 aliphatic rings. The zero-order chi connectivity index (χ0) is 37.6. The predicted molar refractivity (Wildman–Crippen MR) is 238 cm³/mol. The minimum Gasteiger partial charge on any atom is -0.357 e. The number of allylic oxidation sites excluding steroid dienone is 4. The molecular weight excluding hydrogens is 703 g/mol. The lowest BCUT2D eigenvalue weighted by atomic mass is 9.97. The molecule has 0 aliphatic carbocycles. The van der Waals surface area contributed by atoms with Crippen LogP contribution in [0.5, 0.6) is 0 Å². The zero-order valence-corrected chi connectivity index (χ0v) is 31.3. The maximum absolute atomic E-state index is 5.95. The van der Waals surface area contributed by atoms with Gasteiger partial charge in [0.25, 0.3) is 0 Å². The number of thiophene rings is 1. The van der Waals surface area contributed by atoms with Gasteiger partial charge in [0.15, 0.2) is 5.84 Å². The number of hydrogen-bond donors (Lipinski definition) is 2. The Morgan fingerprint density at radius 3 is 1.98 bits per heavy atom. The van der Waals surface area contributed by atoms with Crippen molar-refractivity contribution in [2.75, 3.05) is 4.90 Å². The first-order valence-corrected chi connectivity index (χ1v) is 19.5. The van der Waals surface area contributed by atoms with E-state index in [1.54, 1.807) is 0 Å². The molecule has 1 unspecified atom stereocenters. The highest BCUT2D eigenvalue weighted by Gasteiger charge is 2.22. The van der Waals surface area contributed by atoms with Crippen LogP contribution in [-0.2, 0) is 0 Å². The normalized spacial score (nSPS) is 14.8. The second kappa shape index (κ2) is 13.9. The summed E-state index contributed by atoms with van der Waals surface area (Å²) in [6.45, 7) is 4.59. The van der Waals surface area contributed by atoms with Gasteiger partial charge in [-0.15, -0.1) is 11.3 Å². The first-order chi connectivity index (χ1) is 27.7. The number of anilines is 2. The number of fused-ring (bicyclic) bond motifs is 8. The third-order valence-electron chi connectivity index (χ3n) is 10.8. The third kappa shape index (κ3) is 5.67. The highest BCUT2D eigenvalue weighted by atomic mass is 32.1. The van der Waals surface area contributed by atoms with E-state index < -0.39 is 0 Å². The summed E-state index contributed by atoms with van der Waals surface area (Å²) in [7, 11) is 0. The molecule has 0 saturated heterocycles. The summed E-state index contributed by atoms with van der Waals surface area (Å²) >= 11 is 1.83. The topological polar surface area (TPSA) is 58.6 Å². The number of benzene rings is 7. The molecule has 6 heteroatoms. The van der Waals surface area contributed by atoms with Crippen molar-refractivity contribution in [3.8, 4) is 5.69 Å².